The van der Waals surface area contributed by atoms with Crippen LogP contribution in [0, 0.1) is 5.92 Å². The number of aliphatic carboxylic acids is 2. The van der Waals surface area contributed by atoms with Gasteiger partial charge in [0.1, 0.15) is 0 Å². The van der Waals surface area contributed by atoms with Crippen LogP contribution in [0.2, 0.25) is 0 Å². The molecule has 0 spiro atoms. The number of carboxylic acid groups (broad SMARTS) is 2. The Morgan fingerprint density at radius 2 is 1.21 bits per heavy atom. The molecule has 114 valence electrons. The van der Waals surface area contributed by atoms with Crippen molar-refractivity contribution in [2.45, 2.75) is 25.0 Å². The number of hydrogen-bond acceptors (Lipinski definition) is 7. The zero-order valence-corrected chi connectivity index (χ0v) is 10.2. The minimum absolute atomic E-state index is 0.0104. The molecule has 0 aliphatic heterocycles. The second kappa shape index (κ2) is 11.8. The molecule has 0 radical (unpaired) electrons. The predicted octanol–water partition coefficient (Wildman–Crippen LogP) is -2.76. The van der Waals surface area contributed by atoms with Gasteiger partial charge in [0, 0.05) is 25.7 Å². The van der Waals surface area contributed by atoms with Gasteiger partial charge in [0.15, 0.2) is 12.2 Å². The summed E-state index contributed by atoms with van der Waals surface area (Å²) in [5.41, 5.74) is 0. The van der Waals surface area contributed by atoms with Crippen LogP contribution in [-0.2, 0) is 9.59 Å². The van der Waals surface area contributed by atoms with E-state index >= 15 is 0 Å². The molecule has 0 saturated heterocycles. The lowest BCUT2D eigenvalue weighted by atomic mass is 10.1. The third-order valence-electron chi connectivity index (χ3n) is 2.09. The molecule has 0 amide bonds. The van der Waals surface area contributed by atoms with Gasteiger partial charge >= 0.3 is 11.9 Å². The fourth-order valence-corrected chi connectivity index (χ4v) is 0.890. The van der Waals surface area contributed by atoms with Crippen LogP contribution in [0.3, 0.4) is 0 Å². The molecule has 0 aromatic heterocycles. The van der Waals surface area contributed by atoms with Crippen LogP contribution >= 0.6 is 0 Å². The first-order chi connectivity index (χ1) is 8.81. The summed E-state index contributed by atoms with van der Waals surface area (Å²) in [5, 5.41) is 57.9. The summed E-state index contributed by atoms with van der Waals surface area (Å²) in [7, 11) is 0. The molecule has 2 unspecified atom stereocenters. The zero-order chi connectivity index (χ0) is 15.4. The summed E-state index contributed by atoms with van der Waals surface area (Å²) in [6.45, 7) is 0.156. The lowest BCUT2D eigenvalue weighted by Gasteiger charge is -2.07. The van der Waals surface area contributed by atoms with Crippen molar-refractivity contribution >= 4 is 11.9 Å². The third kappa shape index (κ3) is 10.4. The van der Waals surface area contributed by atoms with Crippen molar-refractivity contribution in [3.8, 4) is 0 Å². The van der Waals surface area contributed by atoms with Gasteiger partial charge in [-0.3, -0.25) is 0 Å². The van der Waals surface area contributed by atoms with E-state index in [1.807, 2.05) is 0 Å². The average Bonchev–Trinajstić information content (AvgIpc) is 2.38. The first-order valence-corrected chi connectivity index (χ1v) is 5.46. The normalized spacial score (nSPS) is 13.4. The molecule has 0 aromatic rings. The maximum Gasteiger partial charge on any atom is 0.335 e. The fraction of sp³-hybridized carbons (Fsp3) is 0.800. The summed E-state index contributed by atoms with van der Waals surface area (Å²) in [6.07, 6.45) is -3.18. The summed E-state index contributed by atoms with van der Waals surface area (Å²) in [4.78, 5) is 19.5. The van der Waals surface area contributed by atoms with Gasteiger partial charge < -0.3 is 35.7 Å². The minimum Gasteiger partial charge on any atom is -0.479 e. The molecule has 0 aromatic carbocycles. The largest absolute Gasteiger partial charge is 0.479 e. The number of carbonyl (C=O) groups is 2. The third-order valence-corrected chi connectivity index (χ3v) is 2.09. The molecule has 9 heteroatoms. The highest BCUT2D eigenvalue weighted by Crippen LogP contribution is 2.02. The highest BCUT2D eigenvalue weighted by molar-refractivity contribution is 5.83. The Kier molecular flexibility index (Phi) is 12.5. The van der Waals surface area contributed by atoms with E-state index in [1.165, 1.54) is 0 Å². The fourth-order valence-electron chi connectivity index (χ4n) is 0.890. The van der Waals surface area contributed by atoms with E-state index in [1.54, 1.807) is 0 Å². The number of aliphatic hydroxyl groups is 5. The first-order valence-electron chi connectivity index (χ1n) is 5.46. The predicted molar refractivity (Wildman–Crippen MR) is 61.3 cm³/mol. The molecular formula is C10H20O9. The van der Waals surface area contributed by atoms with Crippen LogP contribution in [0.15, 0.2) is 0 Å². The van der Waals surface area contributed by atoms with E-state index in [0.717, 1.165) is 0 Å². The van der Waals surface area contributed by atoms with E-state index in [2.05, 4.69) is 0 Å². The number of aliphatic hydroxyl groups excluding tert-OH is 5. The van der Waals surface area contributed by atoms with Crippen molar-refractivity contribution in [3.05, 3.63) is 0 Å². The van der Waals surface area contributed by atoms with Gasteiger partial charge in [-0.2, -0.15) is 0 Å². The minimum atomic E-state index is -2.27. The summed E-state index contributed by atoms with van der Waals surface area (Å²) in [6, 6.07) is 0. The van der Waals surface area contributed by atoms with Crippen molar-refractivity contribution in [3.63, 3.8) is 0 Å². The SMILES string of the molecule is O=C(O)C(O)C(O)C(=O)O.OCCCC(CO)CO. The molecule has 0 aliphatic carbocycles. The molecule has 0 aliphatic rings. The number of rotatable bonds is 8. The monoisotopic (exact) mass is 284 g/mol. The second-order valence-electron chi connectivity index (χ2n) is 3.66. The van der Waals surface area contributed by atoms with Crippen molar-refractivity contribution in [1.82, 2.24) is 0 Å². The van der Waals surface area contributed by atoms with Crippen LogP contribution in [0.1, 0.15) is 12.8 Å². The molecule has 0 saturated carbocycles. The maximum atomic E-state index is 9.77. The zero-order valence-electron chi connectivity index (χ0n) is 10.2. The van der Waals surface area contributed by atoms with E-state index in [0.29, 0.717) is 12.8 Å². The Morgan fingerprint density at radius 1 is 0.842 bits per heavy atom. The lowest BCUT2D eigenvalue weighted by Crippen LogP contribution is -2.39. The summed E-state index contributed by atoms with van der Waals surface area (Å²) in [5.74, 6) is -3.58. The van der Waals surface area contributed by atoms with Gasteiger partial charge in [-0.25, -0.2) is 9.59 Å². The second-order valence-corrected chi connectivity index (χ2v) is 3.66. The van der Waals surface area contributed by atoms with Gasteiger partial charge in [0.2, 0.25) is 0 Å². The van der Waals surface area contributed by atoms with E-state index in [-0.39, 0.29) is 25.7 Å². The number of hydrogen-bond donors (Lipinski definition) is 7. The van der Waals surface area contributed by atoms with Gasteiger partial charge in [0.05, 0.1) is 0 Å². The highest BCUT2D eigenvalue weighted by Gasteiger charge is 2.29. The molecule has 0 fully saturated rings. The Labute approximate surface area is 109 Å². The van der Waals surface area contributed by atoms with Crippen LogP contribution in [0.4, 0.5) is 0 Å². The van der Waals surface area contributed by atoms with Gasteiger partial charge in [0.25, 0.3) is 0 Å². The van der Waals surface area contributed by atoms with Crippen LogP contribution in [0.25, 0.3) is 0 Å². The summed E-state index contributed by atoms with van der Waals surface area (Å²) < 4.78 is 0. The van der Waals surface area contributed by atoms with Crippen molar-refractivity contribution in [2.75, 3.05) is 19.8 Å². The van der Waals surface area contributed by atoms with E-state index in [4.69, 9.17) is 35.7 Å². The van der Waals surface area contributed by atoms with E-state index in [9.17, 15) is 9.59 Å². The van der Waals surface area contributed by atoms with Crippen molar-refractivity contribution in [1.29, 1.82) is 0 Å². The smallest absolute Gasteiger partial charge is 0.335 e. The van der Waals surface area contributed by atoms with E-state index < -0.39 is 24.1 Å². The molecule has 0 rings (SSSR count). The molecule has 19 heavy (non-hydrogen) atoms. The Hall–Kier alpha value is -1.26. The lowest BCUT2D eigenvalue weighted by molar-refractivity contribution is -0.165. The molecule has 0 bridgehead atoms. The Bertz CT molecular complexity index is 233. The molecule has 0 heterocycles. The maximum absolute atomic E-state index is 9.77. The number of carboxylic acids is 2. The Morgan fingerprint density at radius 3 is 1.42 bits per heavy atom. The van der Waals surface area contributed by atoms with Gasteiger partial charge in [-0.15, -0.1) is 0 Å². The van der Waals surface area contributed by atoms with Gasteiger partial charge in [-0.1, -0.05) is 0 Å². The molecule has 7 N–H and O–H groups in total. The van der Waals surface area contributed by atoms with Gasteiger partial charge in [-0.05, 0) is 12.8 Å². The van der Waals surface area contributed by atoms with Crippen molar-refractivity contribution < 1.29 is 45.3 Å². The molecular weight excluding hydrogens is 264 g/mol. The quantitative estimate of drug-likeness (QED) is 0.249. The standard InChI is InChI=1S/C6H14O3.C4H6O6/c7-3-1-2-6(4-8)5-9;5-1(3(7)8)2(6)4(9)10/h6-9H,1-5H2;1-2,5-6H,(H,7,8)(H,9,10). The average molecular weight is 284 g/mol. The van der Waals surface area contributed by atoms with Crippen molar-refractivity contribution in [2.24, 2.45) is 5.92 Å². The van der Waals surface area contributed by atoms with Crippen LogP contribution < -0.4 is 0 Å². The van der Waals surface area contributed by atoms with Crippen LogP contribution in [0.5, 0.6) is 0 Å². The first kappa shape index (κ1) is 20.1. The highest BCUT2D eigenvalue weighted by atomic mass is 16.4. The van der Waals surface area contributed by atoms with Crippen LogP contribution in [-0.4, -0.2) is 79.7 Å². The molecule has 2 atom stereocenters. The topological polar surface area (TPSA) is 176 Å². The molecule has 9 nitrogen and oxygen atoms in total. The summed E-state index contributed by atoms with van der Waals surface area (Å²) >= 11 is 0. The Balaban J connectivity index is 0.